The minimum atomic E-state index is -3.88. The molecule has 1 fully saturated rings. The molecule has 0 bridgehead atoms. The Morgan fingerprint density at radius 3 is 2.52 bits per heavy atom. The van der Waals surface area contributed by atoms with Crippen molar-refractivity contribution in [3.8, 4) is 11.4 Å². The fourth-order valence-electron chi connectivity index (χ4n) is 5.33. The van der Waals surface area contributed by atoms with E-state index in [2.05, 4.69) is 29.0 Å². The Hall–Kier alpha value is -3.97. The molecule has 0 saturated carbocycles. The topological polar surface area (TPSA) is 138 Å². The first kappa shape index (κ1) is 31.5. The number of nitrogens with one attached hydrogen (secondary N) is 1. The second kappa shape index (κ2) is 12.9. The Labute approximate surface area is 258 Å². The molecule has 1 aliphatic heterocycles. The summed E-state index contributed by atoms with van der Waals surface area (Å²) in [6, 6.07) is 14.7. The van der Waals surface area contributed by atoms with Crippen LogP contribution < -0.4 is 10.2 Å². The molecule has 4 heterocycles. The number of carbonyl (C=O) groups is 1. The number of ether oxygens (including phenoxy) is 1. The summed E-state index contributed by atoms with van der Waals surface area (Å²) >= 11 is 0. The van der Waals surface area contributed by atoms with Gasteiger partial charge in [-0.1, -0.05) is 6.07 Å². The fraction of sp³-hybridized carbons (Fsp3) is 0.375. The Morgan fingerprint density at radius 2 is 1.80 bits per heavy atom. The predicted octanol–water partition coefficient (Wildman–Crippen LogP) is 3.47. The molecule has 1 aromatic carbocycles. The molecule has 0 aliphatic carbocycles. The van der Waals surface area contributed by atoms with Gasteiger partial charge >= 0.3 is 0 Å². The first-order chi connectivity index (χ1) is 21.0. The van der Waals surface area contributed by atoms with E-state index < -0.39 is 15.9 Å². The number of anilines is 1. The van der Waals surface area contributed by atoms with Crippen molar-refractivity contribution in [3.05, 3.63) is 77.1 Å². The maximum Gasteiger partial charge on any atom is 0.251 e. The summed E-state index contributed by atoms with van der Waals surface area (Å²) in [7, 11) is -2.49. The highest BCUT2D eigenvalue weighted by Gasteiger charge is 2.26. The lowest BCUT2D eigenvalue weighted by molar-refractivity contribution is -0.00545. The largest absolute Gasteiger partial charge is 0.395 e. The molecule has 12 heteroatoms. The fourth-order valence-corrected chi connectivity index (χ4v) is 6.81. The Balaban J connectivity index is 1.34. The van der Waals surface area contributed by atoms with E-state index in [1.54, 1.807) is 26.1 Å². The minimum absolute atomic E-state index is 0.0366. The van der Waals surface area contributed by atoms with E-state index in [-0.39, 0.29) is 42.4 Å². The highest BCUT2D eigenvalue weighted by atomic mass is 32.2. The zero-order valence-corrected chi connectivity index (χ0v) is 26.4. The number of fused-ring (bicyclic) bond motifs is 1. The van der Waals surface area contributed by atoms with Crippen molar-refractivity contribution in [1.29, 1.82) is 0 Å². The molecule has 0 radical (unpaired) electrons. The lowest BCUT2D eigenvalue weighted by Crippen LogP contribution is -2.45. The van der Waals surface area contributed by atoms with Gasteiger partial charge in [0, 0.05) is 43.8 Å². The van der Waals surface area contributed by atoms with Crippen LogP contribution >= 0.6 is 0 Å². The number of carbonyl (C=O) groups excluding carboxylic acids is 1. The quantitative estimate of drug-likeness (QED) is 0.289. The van der Waals surface area contributed by atoms with Gasteiger partial charge in [0.05, 0.1) is 52.9 Å². The Kier molecular flexibility index (Phi) is 9.26. The second-order valence-corrected chi connectivity index (χ2v) is 13.3. The number of aromatic nitrogens is 3. The third kappa shape index (κ3) is 6.73. The molecule has 2 atom stereocenters. The number of nitrogens with zero attached hydrogens (tertiary/aromatic N) is 5. The maximum atomic E-state index is 13.1. The van der Waals surface area contributed by atoms with Crippen molar-refractivity contribution in [1.82, 2.24) is 24.6 Å². The van der Waals surface area contributed by atoms with Crippen LogP contribution in [0.2, 0.25) is 0 Å². The molecular formula is C32H38N6O5S. The zero-order chi connectivity index (χ0) is 31.6. The van der Waals surface area contributed by atoms with Crippen molar-refractivity contribution in [2.75, 3.05) is 38.2 Å². The number of aryl methyl sites for hydroxylation is 1. The van der Waals surface area contributed by atoms with Gasteiger partial charge in [-0.25, -0.2) is 18.4 Å². The smallest absolute Gasteiger partial charge is 0.251 e. The van der Waals surface area contributed by atoms with E-state index in [1.165, 1.54) is 13.1 Å². The normalized spacial score (nSPS) is 17.3. The molecule has 44 heavy (non-hydrogen) atoms. The van der Waals surface area contributed by atoms with Crippen LogP contribution in [-0.2, 0) is 21.3 Å². The highest BCUT2D eigenvalue weighted by Crippen LogP contribution is 2.26. The SMILES string of the molecule is Cc1cc(C(=O)NCc2cc3nc(-c4cccc(N5C[C@@H](C)O[C@@H](C)C5)n4)ccc3cn2)cc(S(=O)(=O)N(C)CCO)c1C. The molecule has 0 spiro atoms. The molecular weight excluding hydrogens is 580 g/mol. The second-order valence-electron chi connectivity index (χ2n) is 11.3. The molecule has 1 aliphatic rings. The van der Waals surface area contributed by atoms with Gasteiger partial charge in [-0.2, -0.15) is 4.31 Å². The summed E-state index contributed by atoms with van der Waals surface area (Å²) < 4.78 is 33.1. The van der Waals surface area contributed by atoms with E-state index in [1.807, 2.05) is 36.4 Å². The van der Waals surface area contributed by atoms with Crippen molar-refractivity contribution in [2.45, 2.75) is 51.3 Å². The van der Waals surface area contributed by atoms with Crippen LogP contribution in [-0.4, -0.2) is 84.2 Å². The molecule has 1 amide bonds. The number of rotatable bonds is 9. The van der Waals surface area contributed by atoms with Crippen LogP contribution in [0.1, 0.15) is 41.0 Å². The lowest BCUT2D eigenvalue weighted by Gasteiger charge is -2.36. The van der Waals surface area contributed by atoms with Crippen molar-refractivity contribution in [3.63, 3.8) is 0 Å². The lowest BCUT2D eigenvalue weighted by atomic mass is 10.1. The number of benzene rings is 1. The van der Waals surface area contributed by atoms with Crippen LogP contribution in [0.15, 0.2) is 59.6 Å². The number of hydrogen-bond donors (Lipinski definition) is 2. The molecule has 4 aromatic rings. The first-order valence-electron chi connectivity index (χ1n) is 14.6. The number of sulfonamides is 1. The molecule has 232 valence electrons. The average Bonchev–Trinajstić information content (AvgIpc) is 3.00. The van der Waals surface area contributed by atoms with E-state index in [9.17, 15) is 18.3 Å². The van der Waals surface area contributed by atoms with E-state index in [4.69, 9.17) is 14.7 Å². The highest BCUT2D eigenvalue weighted by molar-refractivity contribution is 7.89. The molecule has 2 N–H and O–H groups in total. The summed E-state index contributed by atoms with van der Waals surface area (Å²) in [5, 5.41) is 12.9. The van der Waals surface area contributed by atoms with Crippen molar-refractivity contribution >= 4 is 32.7 Å². The number of aliphatic hydroxyl groups excluding tert-OH is 1. The van der Waals surface area contributed by atoms with Gasteiger partial charge in [-0.3, -0.25) is 9.78 Å². The average molecular weight is 619 g/mol. The van der Waals surface area contributed by atoms with Gasteiger partial charge in [-0.15, -0.1) is 0 Å². The number of amides is 1. The van der Waals surface area contributed by atoms with Gasteiger partial charge in [-0.05, 0) is 81.3 Å². The Bertz CT molecular complexity index is 1790. The van der Waals surface area contributed by atoms with Crippen molar-refractivity contribution < 1.29 is 23.1 Å². The Morgan fingerprint density at radius 1 is 1.07 bits per heavy atom. The summed E-state index contributed by atoms with van der Waals surface area (Å²) in [6.45, 7) is 8.90. The van der Waals surface area contributed by atoms with Crippen LogP contribution in [0.25, 0.3) is 22.3 Å². The third-order valence-electron chi connectivity index (χ3n) is 7.79. The number of aliphatic hydroxyl groups is 1. The van der Waals surface area contributed by atoms with Gasteiger partial charge in [0.15, 0.2) is 0 Å². The number of morpholine rings is 1. The van der Waals surface area contributed by atoms with Crippen molar-refractivity contribution in [2.24, 2.45) is 0 Å². The molecule has 11 nitrogen and oxygen atoms in total. The van der Waals surface area contributed by atoms with Gasteiger partial charge in [0.2, 0.25) is 10.0 Å². The first-order valence-corrected chi connectivity index (χ1v) is 16.0. The van der Waals surface area contributed by atoms with Gasteiger partial charge in [0.1, 0.15) is 5.82 Å². The molecule has 0 unspecified atom stereocenters. The van der Waals surface area contributed by atoms with Crippen LogP contribution in [0.5, 0.6) is 0 Å². The van der Waals surface area contributed by atoms with Crippen LogP contribution in [0, 0.1) is 13.8 Å². The standard InChI is InChI=1S/C32H38N6O5S/c1-20-13-25(14-30(23(20)4)44(41,42)37(5)11-12-39)32(40)34-17-26-15-29-24(16-33-26)9-10-28(35-29)27-7-6-8-31(36-27)38-18-21(2)43-22(3)19-38/h6-10,13-16,21-22,39H,11-12,17-19H2,1-5H3,(H,34,40)/t21-,22+. The predicted molar refractivity (Wildman–Crippen MR) is 169 cm³/mol. The van der Waals surface area contributed by atoms with Crippen LogP contribution in [0.3, 0.4) is 0 Å². The number of hydrogen-bond acceptors (Lipinski definition) is 9. The zero-order valence-electron chi connectivity index (χ0n) is 25.6. The number of likely N-dealkylation sites (N-methyl/N-ethyl adjacent to an activating group) is 1. The third-order valence-corrected chi connectivity index (χ3v) is 9.77. The molecule has 1 saturated heterocycles. The maximum absolute atomic E-state index is 13.1. The van der Waals surface area contributed by atoms with Gasteiger partial charge in [0.25, 0.3) is 5.91 Å². The monoisotopic (exact) mass is 618 g/mol. The summed E-state index contributed by atoms with van der Waals surface area (Å²) in [5.41, 5.74) is 4.25. The van der Waals surface area contributed by atoms with Crippen LogP contribution in [0.4, 0.5) is 5.82 Å². The molecule has 5 rings (SSSR count). The van der Waals surface area contributed by atoms with Gasteiger partial charge < -0.3 is 20.1 Å². The summed E-state index contributed by atoms with van der Waals surface area (Å²) in [5.74, 6) is 0.456. The van der Waals surface area contributed by atoms with E-state index >= 15 is 0 Å². The van der Waals surface area contributed by atoms with E-state index in [0.29, 0.717) is 22.3 Å². The van der Waals surface area contributed by atoms with E-state index in [0.717, 1.165) is 40.0 Å². The summed E-state index contributed by atoms with van der Waals surface area (Å²) in [6.07, 6.45) is 1.96. The summed E-state index contributed by atoms with van der Waals surface area (Å²) in [4.78, 5) is 29.6. The minimum Gasteiger partial charge on any atom is -0.395 e. The molecule has 3 aromatic heterocycles. The number of pyridine rings is 3.